The average Bonchev–Trinajstić information content (AvgIpc) is 2.76. The summed E-state index contributed by atoms with van der Waals surface area (Å²) in [5, 5.41) is 3.90. The number of aryl methyl sites for hydroxylation is 1. The van der Waals surface area contributed by atoms with E-state index in [-0.39, 0.29) is 7.33 Å². The van der Waals surface area contributed by atoms with E-state index in [1.165, 1.54) is 4.88 Å². The van der Waals surface area contributed by atoms with E-state index in [0.717, 1.165) is 11.4 Å². The normalized spacial score (nSPS) is 10.5. The number of aromatic nitrogens is 1. The van der Waals surface area contributed by atoms with E-state index in [0.29, 0.717) is 19.9 Å². The highest BCUT2D eigenvalue weighted by atomic mass is 32.1. The first-order valence-corrected chi connectivity index (χ1v) is 6.37. The first kappa shape index (κ1) is 14.1. The molecule has 0 fully saturated rings. The van der Waals surface area contributed by atoms with E-state index >= 15 is 0 Å². The quantitative estimate of drug-likeness (QED) is 0.588. The maximum absolute atomic E-state index is 11.2. The van der Waals surface area contributed by atoms with Crippen molar-refractivity contribution >= 4 is 17.2 Å². The van der Waals surface area contributed by atoms with Gasteiger partial charge in [0.25, 0.3) is 0 Å². The Balaban J connectivity index is 0.00000289. The van der Waals surface area contributed by atoms with Gasteiger partial charge in [0.15, 0.2) is 0 Å². The minimum atomic E-state index is 0. The van der Waals surface area contributed by atoms with Gasteiger partial charge in [0.2, 0.25) is 5.91 Å². The summed E-state index contributed by atoms with van der Waals surface area (Å²) in [6.07, 6.45) is 2.89. The lowest BCUT2D eigenvalue weighted by Gasteiger charge is -2.10. The van der Waals surface area contributed by atoms with Crippen molar-refractivity contribution in [2.45, 2.75) is 20.0 Å². The lowest BCUT2D eigenvalue weighted by Crippen LogP contribution is -2.33. The maximum atomic E-state index is 11.2. The number of rotatable bonds is 7. The molecule has 5 nitrogen and oxygen atoms in total. The Morgan fingerprint density at radius 1 is 1.65 bits per heavy atom. The zero-order chi connectivity index (χ0) is 12.7. The van der Waals surface area contributed by atoms with Crippen LogP contribution in [0.5, 0.6) is 0 Å². The predicted molar refractivity (Wildman–Crippen MR) is 70.0 cm³/mol. The van der Waals surface area contributed by atoms with E-state index in [1.54, 1.807) is 30.3 Å². The molecule has 1 amide bonds. The fourth-order valence-electron chi connectivity index (χ4n) is 1.10. The number of likely N-dealkylation sites (N-methyl/N-ethyl adjacent to an activating group) is 1. The topological polar surface area (TPSA) is 54.5 Å². The molecule has 1 N–H and O–H groups in total. The molecule has 1 aromatic rings. The van der Waals surface area contributed by atoms with Crippen LogP contribution < -0.4 is 5.32 Å². The monoisotopic (exact) mass is 259 g/mol. The van der Waals surface area contributed by atoms with Gasteiger partial charge in [-0.2, -0.15) is 0 Å². The van der Waals surface area contributed by atoms with Gasteiger partial charge in [-0.15, -0.1) is 11.3 Å². The van der Waals surface area contributed by atoms with Crippen molar-refractivity contribution in [2.24, 2.45) is 0 Å². The van der Waals surface area contributed by atoms with Crippen LogP contribution in [0.25, 0.3) is 0 Å². The van der Waals surface area contributed by atoms with Crippen LogP contribution >= 0.6 is 11.3 Å². The Hall–Kier alpha value is -0.980. The van der Waals surface area contributed by atoms with Gasteiger partial charge in [-0.25, -0.2) is 4.98 Å². The van der Waals surface area contributed by atoms with Crippen molar-refractivity contribution in [3.8, 4) is 0 Å². The van der Waals surface area contributed by atoms with Crippen molar-refractivity contribution in [2.75, 3.05) is 27.4 Å². The Labute approximate surface area is 107 Å². The third-order valence-electron chi connectivity index (χ3n) is 2.15. The molecule has 1 aromatic heterocycles. The summed E-state index contributed by atoms with van der Waals surface area (Å²) < 4.78 is 5.37. The standard InChI is InChI=1S/C11H19N3O2S.H2/c1-4-9-5-13-10(17-9)7-16-8-12-6-11(15)14(2)3;/h5,12H,4,6-8H2,1-3H3;1H. The Morgan fingerprint density at radius 2 is 2.41 bits per heavy atom. The van der Waals surface area contributed by atoms with Crippen molar-refractivity contribution in [3.05, 3.63) is 16.1 Å². The summed E-state index contributed by atoms with van der Waals surface area (Å²) in [6, 6.07) is 0. The van der Waals surface area contributed by atoms with Crippen LogP contribution in [0.1, 0.15) is 18.2 Å². The van der Waals surface area contributed by atoms with E-state index in [1.807, 2.05) is 6.20 Å². The molecule has 0 saturated carbocycles. The van der Waals surface area contributed by atoms with Gasteiger partial charge in [-0.05, 0) is 6.42 Å². The number of hydrogen-bond acceptors (Lipinski definition) is 5. The van der Waals surface area contributed by atoms with Gasteiger partial charge in [0.05, 0.1) is 13.3 Å². The maximum Gasteiger partial charge on any atom is 0.236 e. The van der Waals surface area contributed by atoms with Crippen LogP contribution in [0, 0.1) is 0 Å². The number of hydrogen-bond donors (Lipinski definition) is 1. The Morgan fingerprint density at radius 3 is 3.00 bits per heavy atom. The lowest BCUT2D eigenvalue weighted by atomic mass is 10.4. The van der Waals surface area contributed by atoms with Crippen molar-refractivity contribution in [1.29, 1.82) is 0 Å². The molecule has 0 unspecified atom stereocenters. The Bertz CT molecular complexity index is 358. The highest BCUT2D eigenvalue weighted by Gasteiger charge is 2.03. The third kappa shape index (κ3) is 5.25. The average molecular weight is 259 g/mol. The number of thiazole rings is 1. The molecule has 0 radical (unpaired) electrons. The van der Waals surface area contributed by atoms with Gasteiger partial charge < -0.3 is 9.64 Å². The molecule has 98 valence electrons. The molecule has 0 spiro atoms. The van der Waals surface area contributed by atoms with Crippen LogP contribution in [-0.2, 0) is 22.6 Å². The van der Waals surface area contributed by atoms with Gasteiger partial charge in [-0.3, -0.25) is 10.1 Å². The van der Waals surface area contributed by atoms with Gasteiger partial charge in [-0.1, -0.05) is 6.92 Å². The zero-order valence-electron chi connectivity index (χ0n) is 10.5. The molecule has 0 aliphatic heterocycles. The molecule has 6 heteroatoms. The zero-order valence-corrected chi connectivity index (χ0v) is 11.3. The molecule has 1 rings (SSSR count). The lowest BCUT2D eigenvalue weighted by molar-refractivity contribution is -0.128. The highest BCUT2D eigenvalue weighted by Crippen LogP contribution is 2.13. The fourth-order valence-corrected chi connectivity index (χ4v) is 1.90. The van der Waals surface area contributed by atoms with Crippen molar-refractivity contribution in [3.63, 3.8) is 0 Å². The molecule has 0 aliphatic carbocycles. The smallest absolute Gasteiger partial charge is 0.236 e. The molecular weight excluding hydrogens is 238 g/mol. The summed E-state index contributed by atoms with van der Waals surface area (Å²) in [7, 11) is 3.46. The van der Waals surface area contributed by atoms with Crippen molar-refractivity contribution < 1.29 is 11.0 Å². The molecule has 0 saturated heterocycles. The summed E-state index contributed by atoms with van der Waals surface area (Å²) in [6.45, 7) is 3.26. The summed E-state index contributed by atoms with van der Waals surface area (Å²) in [4.78, 5) is 18.3. The number of carbonyl (C=O) groups excluding carboxylic acids is 1. The summed E-state index contributed by atoms with van der Waals surface area (Å²) in [5.74, 6) is 0.0381. The predicted octanol–water partition coefficient (Wildman–Crippen LogP) is 1.10. The van der Waals surface area contributed by atoms with Crippen LogP contribution in [0.3, 0.4) is 0 Å². The first-order chi connectivity index (χ1) is 8.13. The van der Waals surface area contributed by atoms with Crippen molar-refractivity contribution in [1.82, 2.24) is 15.2 Å². The number of carbonyl (C=O) groups is 1. The molecular formula is C11H21N3O2S. The molecule has 17 heavy (non-hydrogen) atoms. The highest BCUT2D eigenvalue weighted by molar-refractivity contribution is 7.11. The van der Waals surface area contributed by atoms with E-state index in [9.17, 15) is 4.79 Å². The largest absolute Gasteiger partial charge is 0.359 e. The first-order valence-electron chi connectivity index (χ1n) is 5.55. The minimum absolute atomic E-state index is 0. The summed E-state index contributed by atoms with van der Waals surface area (Å²) in [5.41, 5.74) is 0. The number of amides is 1. The molecule has 0 bridgehead atoms. The van der Waals surface area contributed by atoms with Crippen LogP contribution in [0.15, 0.2) is 6.20 Å². The molecule has 0 aliphatic rings. The number of nitrogens with zero attached hydrogens (tertiary/aromatic N) is 2. The molecule has 0 aromatic carbocycles. The summed E-state index contributed by atoms with van der Waals surface area (Å²) >= 11 is 1.66. The van der Waals surface area contributed by atoms with Gasteiger partial charge in [0, 0.05) is 26.6 Å². The van der Waals surface area contributed by atoms with Crippen LogP contribution in [0.2, 0.25) is 0 Å². The Kier molecular flexibility index (Phi) is 6.10. The second-order valence-electron chi connectivity index (χ2n) is 3.78. The minimum Gasteiger partial charge on any atom is -0.359 e. The van der Waals surface area contributed by atoms with E-state index in [4.69, 9.17) is 4.74 Å². The second kappa shape index (κ2) is 7.37. The third-order valence-corrected chi connectivity index (χ3v) is 3.27. The van der Waals surface area contributed by atoms with Gasteiger partial charge >= 0.3 is 0 Å². The van der Waals surface area contributed by atoms with E-state index in [2.05, 4.69) is 17.2 Å². The number of nitrogens with one attached hydrogen (secondary N) is 1. The van der Waals surface area contributed by atoms with Gasteiger partial charge in [0.1, 0.15) is 11.6 Å². The SMILES string of the molecule is CCc1cnc(COCNCC(=O)N(C)C)s1.[HH]. The number of ether oxygens (including phenoxy) is 1. The van der Waals surface area contributed by atoms with Crippen LogP contribution in [0.4, 0.5) is 0 Å². The molecule has 0 atom stereocenters. The molecule has 1 heterocycles. The fraction of sp³-hybridized carbons (Fsp3) is 0.636. The van der Waals surface area contributed by atoms with E-state index < -0.39 is 0 Å². The van der Waals surface area contributed by atoms with Crippen LogP contribution in [-0.4, -0.2) is 43.2 Å². The second-order valence-corrected chi connectivity index (χ2v) is 4.98.